The maximum Gasteiger partial charge on any atom is 0.106 e. The van der Waals surface area contributed by atoms with Gasteiger partial charge in [-0.15, -0.1) is 0 Å². The van der Waals surface area contributed by atoms with Crippen molar-refractivity contribution in [2.75, 3.05) is 0 Å². The number of aliphatic hydroxyl groups excluding tert-OH is 2. The van der Waals surface area contributed by atoms with Gasteiger partial charge < -0.3 is 10.2 Å². The third kappa shape index (κ3) is 2.35. The van der Waals surface area contributed by atoms with Crippen LogP contribution in [0.2, 0.25) is 10.0 Å². The smallest absolute Gasteiger partial charge is 0.106 e. The Morgan fingerprint density at radius 1 is 1.23 bits per heavy atom. The van der Waals surface area contributed by atoms with Crippen LogP contribution >= 0.6 is 23.2 Å². The summed E-state index contributed by atoms with van der Waals surface area (Å²) in [5.74, 6) is 0. The first-order valence-electron chi connectivity index (χ1n) is 3.84. The van der Waals surface area contributed by atoms with Crippen LogP contribution in [0.3, 0.4) is 0 Å². The Hall–Kier alpha value is -0.280. The zero-order chi connectivity index (χ0) is 10.0. The van der Waals surface area contributed by atoms with Crippen LogP contribution < -0.4 is 0 Å². The molecule has 1 rings (SSSR count). The lowest BCUT2D eigenvalue weighted by molar-refractivity contribution is 0.0306. The van der Waals surface area contributed by atoms with Crippen LogP contribution in [0.5, 0.6) is 0 Å². The standard InChI is InChI=1S/C9H10Cl2O2/c1-5(12)9(13)6-3-2-4-7(10)8(6)11/h2-5,9,12-13H,1H3/t5?,9-/m0/s1. The molecule has 0 aliphatic carbocycles. The monoisotopic (exact) mass is 220 g/mol. The van der Waals surface area contributed by atoms with Crippen LogP contribution in [-0.4, -0.2) is 16.3 Å². The first kappa shape index (κ1) is 10.8. The Balaban J connectivity index is 3.07. The molecule has 0 aliphatic rings. The van der Waals surface area contributed by atoms with Crippen molar-refractivity contribution in [1.82, 2.24) is 0 Å². The highest BCUT2D eigenvalue weighted by Gasteiger charge is 2.17. The Morgan fingerprint density at radius 3 is 2.38 bits per heavy atom. The Labute approximate surface area is 86.7 Å². The van der Waals surface area contributed by atoms with Gasteiger partial charge in [0.05, 0.1) is 16.1 Å². The Bertz CT molecular complexity index is 300. The van der Waals surface area contributed by atoms with E-state index in [1.54, 1.807) is 18.2 Å². The minimum absolute atomic E-state index is 0.289. The summed E-state index contributed by atoms with van der Waals surface area (Å²) >= 11 is 11.6. The molecule has 1 aromatic carbocycles. The first-order valence-corrected chi connectivity index (χ1v) is 4.59. The minimum atomic E-state index is -0.994. The average molecular weight is 221 g/mol. The molecule has 1 aromatic rings. The van der Waals surface area contributed by atoms with Crippen LogP contribution in [0.4, 0.5) is 0 Å². The molecule has 0 saturated heterocycles. The van der Waals surface area contributed by atoms with Crippen molar-refractivity contribution in [1.29, 1.82) is 0 Å². The average Bonchev–Trinajstić information content (AvgIpc) is 2.08. The molecular weight excluding hydrogens is 211 g/mol. The quantitative estimate of drug-likeness (QED) is 0.804. The van der Waals surface area contributed by atoms with Crippen LogP contribution in [-0.2, 0) is 0 Å². The van der Waals surface area contributed by atoms with Crippen molar-refractivity contribution in [2.24, 2.45) is 0 Å². The molecule has 1 unspecified atom stereocenters. The second kappa shape index (κ2) is 4.29. The molecule has 0 fully saturated rings. The van der Waals surface area contributed by atoms with Gasteiger partial charge in [-0.3, -0.25) is 0 Å². The number of halogens is 2. The van der Waals surface area contributed by atoms with Gasteiger partial charge in [0.25, 0.3) is 0 Å². The highest BCUT2D eigenvalue weighted by Crippen LogP contribution is 2.30. The maximum atomic E-state index is 9.51. The highest BCUT2D eigenvalue weighted by atomic mass is 35.5. The molecule has 0 radical (unpaired) electrons. The van der Waals surface area contributed by atoms with E-state index in [1.807, 2.05) is 0 Å². The molecule has 0 spiro atoms. The van der Waals surface area contributed by atoms with Gasteiger partial charge >= 0.3 is 0 Å². The number of hydrogen-bond acceptors (Lipinski definition) is 2. The third-order valence-corrected chi connectivity index (χ3v) is 2.59. The van der Waals surface area contributed by atoms with Gasteiger partial charge in [0.15, 0.2) is 0 Å². The number of aliphatic hydroxyl groups is 2. The molecular formula is C9H10Cl2O2. The fourth-order valence-corrected chi connectivity index (χ4v) is 1.43. The minimum Gasteiger partial charge on any atom is -0.390 e. The van der Waals surface area contributed by atoms with Gasteiger partial charge in [0.1, 0.15) is 6.10 Å². The predicted octanol–water partition coefficient (Wildman–Crippen LogP) is 2.41. The molecule has 2 atom stereocenters. The second-order valence-electron chi connectivity index (χ2n) is 2.83. The van der Waals surface area contributed by atoms with E-state index in [2.05, 4.69) is 0 Å². The summed E-state index contributed by atoms with van der Waals surface area (Å²) in [4.78, 5) is 0. The zero-order valence-corrected chi connectivity index (χ0v) is 8.55. The topological polar surface area (TPSA) is 40.5 Å². The summed E-state index contributed by atoms with van der Waals surface area (Å²) < 4.78 is 0. The molecule has 0 amide bonds. The van der Waals surface area contributed by atoms with Crippen molar-refractivity contribution in [3.63, 3.8) is 0 Å². The molecule has 72 valence electrons. The molecule has 2 N–H and O–H groups in total. The van der Waals surface area contributed by atoms with Crippen LogP contribution in [0, 0.1) is 0 Å². The van der Waals surface area contributed by atoms with Gasteiger partial charge in [0, 0.05) is 5.56 Å². The highest BCUT2D eigenvalue weighted by molar-refractivity contribution is 6.42. The first-order chi connectivity index (χ1) is 6.04. The predicted molar refractivity (Wildman–Crippen MR) is 53.1 cm³/mol. The fraction of sp³-hybridized carbons (Fsp3) is 0.333. The van der Waals surface area contributed by atoms with E-state index < -0.39 is 12.2 Å². The van der Waals surface area contributed by atoms with E-state index in [1.165, 1.54) is 6.92 Å². The molecule has 0 aliphatic heterocycles. The van der Waals surface area contributed by atoms with Crippen LogP contribution in [0.1, 0.15) is 18.6 Å². The summed E-state index contributed by atoms with van der Waals surface area (Å²) in [7, 11) is 0. The van der Waals surface area contributed by atoms with Crippen molar-refractivity contribution in [3.05, 3.63) is 33.8 Å². The Morgan fingerprint density at radius 2 is 1.85 bits per heavy atom. The van der Waals surface area contributed by atoms with E-state index >= 15 is 0 Å². The summed E-state index contributed by atoms with van der Waals surface area (Å²) in [6, 6.07) is 4.93. The molecule has 0 aromatic heterocycles. The molecule has 0 heterocycles. The molecule has 4 heteroatoms. The summed E-state index contributed by atoms with van der Waals surface area (Å²) in [5, 5.41) is 19.3. The lowest BCUT2D eigenvalue weighted by Gasteiger charge is -2.15. The SMILES string of the molecule is CC(O)[C@H](O)c1cccc(Cl)c1Cl. The van der Waals surface area contributed by atoms with Gasteiger partial charge in [-0.2, -0.15) is 0 Å². The Kier molecular flexibility index (Phi) is 3.56. The lowest BCUT2D eigenvalue weighted by atomic mass is 10.1. The summed E-state index contributed by atoms with van der Waals surface area (Å²) in [5.41, 5.74) is 0.448. The van der Waals surface area contributed by atoms with E-state index in [-0.39, 0.29) is 5.02 Å². The summed E-state index contributed by atoms with van der Waals surface area (Å²) in [6.45, 7) is 1.49. The molecule has 13 heavy (non-hydrogen) atoms. The molecule has 0 saturated carbocycles. The van der Waals surface area contributed by atoms with E-state index in [0.29, 0.717) is 10.6 Å². The van der Waals surface area contributed by atoms with Gasteiger partial charge in [-0.05, 0) is 13.0 Å². The van der Waals surface area contributed by atoms with Crippen molar-refractivity contribution in [2.45, 2.75) is 19.1 Å². The normalized spacial score (nSPS) is 15.5. The largest absolute Gasteiger partial charge is 0.390 e. The van der Waals surface area contributed by atoms with E-state index in [0.717, 1.165) is 0 Å². The third-order valence-electron chi connectivity index (χ3n) is 1.76. The maximum absolute atomic E-state index is 9.51. The zero-order valence-electron chi connectivity index (χ0n) is 7.04. The van der Waals surface area contributed by atoms with Gasteiger partial charge in [0.2, 0.25) is 0 Å². The van der Waals surface area contributed by atoms with E-state index in [9.17, 15) is 5.11 Å². The van der Waals surface area contributed by atoms with Crippen molar-refractivity contribution in [3.8, 4) is 0 Å². The second-order valence-corrected chi connectivity index (χ2v) is 3.61. The number of hydrogen-bond donors (Lipinski definition) is 2. The number of benzene rings is 1. The molecule has 2 nitrogen and oxygen atoms in total. The van der Waals surface area contributed by atoms with Crippen LogP contribution in [0.25, 0.3) is 0 Å². The fourth-order valence-electron chi connectivity index (χ4n) is 1.01. The summed E-state index contributed by atoms with van der Waals surface area (Å²) in [6.07, 6.45) is -1.86. The van der Waals surface area contributed by atoms with Gasteiger partial charge in [-0.25, -0.2) is 0 Å². The van der Waals surface area contributed by atoms with Crippen LogP contribution in [0.15, 0.2) is 18.2 Å². The van der Waals surface area contributed by atoms with Crippen molar-refractivity contribution < 1.29 is 10.2 Å². The van der Waals surface area contributed by atoms with Crippen molar-refractivity contribution >= 4 is 23.2 Å². The number of rotatable bonds is 2. The van der Waals surface area contributed by atoms with E-state index in [4.69, 9.17) is 28.3 Å². The molecule has 0 bridgehead atoms. The van der Waals surface area contributed by atoms with Gasteiger partial charge in [-0.1, -0.05) is 35.3 Å². The lowest BCUT2D eigenvalue weighted by Crippen LogP contribution is -2.14.